The van der Waals surface area contributed by atoms with E-state index in [1.807, 2.05) is 0 Å². The number of rotatable bonds is 17. The molecule has 4 heteroatoms. The van der Waals surface area contributed by atoms with E-state index in [1.165, 1.54) is 57.8 Å². The van der Waals surface area contributed by atoms with Crippen LogP contribution < -0.4 is 0 Å². The van der Waals surface area contributed by atoms with Crippen LogP contribution in [-0.4, -0.2) is 24.6 Å². The van der Waals surface area contributed by atoms with Crippen molar-refractivity contribution in [1.82, 2.24) is 0 Å². The van der Waals surface area contributed by atoms with Gasteiger partial charge in [-0.1, -0.05) is 77.2 Å². The van der Waals surface area contributed by atoms with E-state index in [0.29, 0.717) is 13.0 Å². The van der Waals surface area contributed by atoms with Crippen LogP contribution in [0.4, 0.5) is 0 Å². The topological polar surface area (TPSA) is 52.6 Å². The Morgan fingerprint density at radius 3 is 1.88 bits per heavy atom. The molecule has 0 saturated carbocycles. The Morgan fingerprint density at radius 2 is 1.35 bits per heavy atom. The van der Waals surface area contributed by atoms with Gasteiger partial charge in [0.2, 0.25) is 0 Å². The zero-order valence-electron chi connectivity index (χ0n) is 16.8. The van der Waals surface area contributed by atoms with Gasteiger partial charge in [-0.05, 0) is 13.3 Å². The predicted molar refractivity (Wildman–Crippen MR) is 107 cm³/mol. The standard InChI is InChI=1S/C22H38O4/c1-4-6-7-8-9-10-11-12-13-14-15-19-25-21(23)17-18-22(24)26-20(3)16-5-2/h5,17-18,20H,2,4,6-16,19H2,1,3H3/b18-17+. The van der Waals surface area contributed by atoms with Crippen molar-refractivity contribution in [2.24, 2.45) is 0 Å². The smallest absolute Gasteiger partial charge is 0.331 e. The van der Waals surface area contributed by atoms with E-state index in [0.717, 1.165) is 25.0 Å². The van der Waals surface area contributed by atoms with Crippen molar-refractivity contribution < 1.29 is 19.1 Å². The molecule has 26 heavy (non-hydrogen) atoms. The number of hydrogen-bond donors (Lipinski definition) is 0. The lowest BCUT2D eigenvalue weighted by molar-refractivity contribution is -0.143. The van der Waals surface area contributed by atoms with Crippen molar-refractivity contribution in [1.29, 1.82) is 0 Å². The van der Waals surface area contributed by atoms with Gasteiger partial charge < -0.3 is 9.47 Å². The Hall–Kier alpha value is -1.58. The van der Waals surface area contributed by atoms with Crippen molar-refractivity contribution in [2.75, 3.05) is 6.61 Å². The normalized spacial score (nSPS) is 12.1. The highest BCUT2D eigenvalue weighted by atomic mass is 16.5. The monoisotopic (exact) mass is 366 g/mol. The van der Waals surface area contributed by atoms with Crippen LogP contribution in [0.2, 0.25) is 0 Å². The molecule has 4 nitrogen and oxygen atoms in total. The molecule has 0 aliphatic heterocycles. The molecular formula is C22H38O4. The van der Waals surface area contributed by atoms with Crippen molar-refractivity contribution in [3.8, 4) is 0 Å². The highest BCUT2D eigenvalue weighted by Gasteiger charge is 2.05. The van der Waals surface area contributed by atoms with Crippen LogP contribution in [0.3, 0.4) is 0 Å². The van der Waals surface area contributed by atoms with E-state index in [-0.39, 0.29) is 6.10 Å². The minimum absolute atomic E-state index is 0.239. The van der Waals surface area contributed by atoms with Gasteiger partial charge in [0.15, 0.2) is 0 Å². The number of carbonyl (C=O) groups is 2. The summed E-state index contributed by atoms with van der Waals surface area (Å²) in [6.07, 6.45) is 18.1. The highest BCUT2D eigenvalue weighted by Crippen LogP contribution is 2.11. The van der Waals surface area contributed by atoms with Gasteiger partial charge in [-0.15, -0.1) is 6.58 Å². The van der Waals surface area contributed by atoms with Gasteiger partial charge in [0.1, 0.15) is 6.10 Å². The summed E-state index contributed by atoms with van der Waals surface area (Å²) in [7, 11) is 0. The highest BCUT2D eigenvalue weighted by molar-refractivity contribution is 5.91. The average molecular weight is 367 g/mol. The third-order valence-electron chi connectivity index (χ3n) is 4.16. The molecule has 1 unspecified atom stereocenters. The second kappa shape index (κ2) is 18.2. The van der Waals surface area contributed by atoms with Gasteiger partial charge in [0.05, 0.1) is 6.61 Å². The van der Waals surface area contributed by atoms with Gasteiger partial charge in [0.25, 0.3) is 0 Å². The molecule has 0 saturated heterocycles. The molecule has 0 aliphatic carbocycles. The number of hydrogen-bond acceptors (Lipinski definition) is 4. The largest absolute Gasteiger partial charge is 0.463 e. The van der Waals surface area contributed by atoms with Gasteiger partial charge >= 0.3 is 11.9 Å². The summed E-state index contributed by atoms with van der Waals surface area (Å²) in [4.78, 5) is 23.0. The summed E-state index contributed by atoms with van der Waals surface area (Å²) in [6, 6.07) is 0. The second-order valence-corrected chi connectivity index (χ2v) is 6.81. The number of unbranched alkanes of at least 4 members (excludes halogenated alkanes) is 10. The van der Waals surface area contributed by atoms with Crippen LogP contribution in [0.5, 0.6) is 0 Å². The third-order valence-corrected chi connectivity index (χ3v) is 4.16. The summed E-state index contributed by atoms with van der Waals surface area (Å²) in [5.41, 5.74) is 0. The first-order chi connectivity index (χ1) is 12.6. The second-order valence-electron chi connectivity index (χ2n) is 6.81. The van der Waals surface area contributed by atoms with Crippen molar-refractivity contribution in [3.05, 3.63) is 24.8 Å². The summed E-state index contributed by atoms with van der Waals surface area (Å²) in [5.74, 6) is -1.03. The third kappa shape index (κ3) is 17.2. The first-order valence-electron chi connectivity index (χ1n) is 10.3. The molecule has 0 heterocycles. The Kier molecular flexibility index (Phi) is 17.1. The lowest BCUT2D eigenvalue weighted by atomic mass is 10.1. The van der Waals surface area contributed by atoms with E-state index in [4.69, 9.17) is 9.47 Å². The van der Waals surface area contributed by atoms with Crippen LogP contribution in [-0.2, 0) is 19.1 Å². The molecule has 1 atom stereocenters. The fourth-order valence-electron chi connectivity index (χ4n) is 2.64. The van der Waals surface area contributed by atoms with Gasteiger partial charge in [-0.25, -0.2) is 9.59 Å². The maximum Gasteiger partial charge on any atom is 0.331 e. The minimum atomic E-state index is -0.536. The molecule has 0 spiro atoms. The Balaban J connectivity index is 3.47. The lowest BCUT2D eigenvalue weighted by Crippen LogP contribution is -2.12. The van der Waals surface area contributed by atoms with Crippen LogP contribution in [0.25, 0.3) is 0 Å². The van der Waals surface area contributed by atoms with Gasteiger partial charge in [0, 0.05) is 18.6 Å². The summed E-state index contributed by atoms with van der Waals surface area (Å²) >= 11 is 0. The zero-order valence-corrected chi connectivity index (χ0v) is 16.8. The molecular weight excluding hydrogens is 328 g/mol. The average Bonchev–Trinajstić information content (AvgIpc) is 2.61. The van der Waals surface area contributed by atoms with Crippen molar-refractivity contribution in [2.45, 2.75) is 97.0 Å². The van der Waals surface area contributed by atoms with Gasteiger partial charge in [-0.2, -0.15) is 0 Å². The molecule has 0 aliphatic rings. The van der Waals surface area contributed by atoms with Crippen LogP contribution >= 0.6 is 0 Å². The summed E-state index contributed by atoms with van der Waals surface area (Å²) in [5, 5.41) is 0. The first kappa shape index (κ1) is 24.4. The molecule has 0 aromatic heterocycles. The van der Waals surface area contributed by atoms with E-state index < -0.39 is 11.9 Å². The molecule has 0 N–H and O–H groups in total. The van der Waals surface area contributed by atoms with Crippen LogP contribution in [0.1, 0.15) is 90.9 Å². The molecule has 0 aromatic carbocycles. The number of carbonyl (C=O) groups excluding carboxylic acids is 2. The summed E-state index contributed by atoms with van der Waals surface area (Å²) < 4.78 is 10.1. The quantitative estimate of drug-likeness (QED) is 0.139. The molecule has 0 amide bonds. The molecule has 0 aromatic rings. The van der Waals surface area contributed by atoms with Crippen molar-refractivity contribution in [3.63, 3.8) is 0 Å². The van der Waals surface area contributed by atoms with E-state index >= 15 is 0 Å². The fourth-order valence-corrected chi connectivity index (χ4v) is 2.64. The first-order valence-corrected chi connectivity index (χ1v) is 10.3. The minimum Gasteiger partial charge on any atom is -0.463 e. The van der Waals surface area contributed by atoms with E-state index in [9.17, 15) is 9.59 Å². The van der Waals surface area contributed by atoms with Crippen molar-refractivity contribution >= 4 is 11.9 Å². The number of esters is 2. The molecule has 0 radical (unpaired) electrons. The van der Waals surface area contributed by atoms with Crippen LogP contribution in [0.15, 0.2) is 24.8 Å². The van der Waals surface area contributed by atoms with Gasteiger partial charge in [-0.3, -0.25) is 0 Å². The molecule has 0 bridgehead atoms. The predicted octanol–water partition coefficient (Wildman–Crippen LogP) is 5.90. The molecule has 150 valence electrons. The lowest BCUT2D eigenvalue weighted by Gasteiger charge is -2.08. The Bertz CT molecular complexity index is 401. The fraction of sp³-hybridized carbons (Fsp3) is 0.727. The zero-order chi connectivity index (χ0) is 19.5. The van der Waals surface area contributed by atoms with E-state index in [1.54, 1.807) is 13.0 Å². The Labute approximate surface area is 160 Å². The number of ether oxygens (including phenoxy) is 2. The maximum atomic E-state index is 11.5. The SMILES string of the molecule is C=CCC(C)OC(=O)/C=C/C(=O)OCCCCCCCCCCCCC. The maximum absolute atomic E-state index is 11.5. The molecule has 0 rings (SSSR count). The molecule has 0 fully saturated rings. The van der Waals surface area contributed by atoms with E-state index in [2.05, 4.69) is 13.5 Å². The Morgan fingerprint density at radius 1 is 0.846 bits per heavy atom. The van der Waals surface area contributed by atoms with Crippen LogP contribution in [0, 0.1) is 0 Å². The summed E-state index contributed by atoms with van der Waals surface area (Å²) in [6.45, 7) is 8.01.